The van der Waals surface area contributed by atoms with E-state index in [4.69, 9.17) is 9.15 Å². The molecule has 0 spiro atoms. The second-order valence-electron chi connectivity index (χ2n) is 3.33. The first-order valence-electron chi connectivity index (χ1n) is 4.58. The van der Waals surface area contributed by atoms with E-state index in [0.29, 0.717) is 12.1 Å². The van der Waals surface area contributed by atoms with Crippen molar-refractivity contribution in [3.05, 3.63) is 18.4 Å². The molecular weight excluding hydrogens is 168 g/mol. The van der Waals surface area contributed by atoms with Crippen molar-refractivity contribution in [3.63, 3.8) is 0 Å². The topological polar surface area (TPSA) is 47.3 Å². The van der Waals surface area contributed by atoms with Crippen LogP contribution in [0.1, 0.15) is 19.0 Å². The van der Waals surface area contributed by atoms with Gasteiger partial charge in [0.2, 0.25) is 0 Å². The highest BCUT2D eigenvalue weighted by Crippen LogP contribution is 2.12. The Morgan fingerprint density at radius 1 is 1.69 bits per heavy atom. The summed E-state index contributed by atoms with van der Waals surface area (Å²) >= 11 is 0. The third-order valence-corrected chi connectivity index (χ3v) is 2.41. The molecule has 72 valence electrons. The van der Waals surface area contributed by atoms with Gasteiger partial charge in [-0.05, 0) is 13.3 Å². The van der Waals surface area contributed by atoms with E-state index in [9.17, 15) is 0 Å². The maximum absolute atomic E-state index is 5.43. The molecule has 1 aromatic heterocycles. The number of oxazole rings is 1. The van der Waals surface area contributed by atoms with Crippen LogP contribution in [0.4, 0.5) is 0 Å². The van der Waals surface area contributed by atoms with Crippen LogP contribution in [0.25, 0.3) is 0 Å². The molecule has 2 heterocycles. The molecule has 0 aromatic carbocycles. The number of nitrogens with one attached hydrogen (secondary N) is 1. The van der Waals surface area contributed by atoms with Crippen LogP contribution < -0.4 is 5.32 Å². The van der Waals surface area contributed by atoms with Gasteiger partial charge in [0.25, 0.3) is 0 Å². The molecule has 2 atom stereocenters. The molecule has 1 aliphatic rings. The Kier molecular flexibility index (Phi) is 2.61. The summed E-state index contributed by atoms with van der Waals surface area (Å²) in [7, 11) is 0. The molecule has 2 rings (SSSR count). The normalized spacial score (nSPS) is 28.1. The van der Waals surface area contributed by atoms with Crippen LogP contribution >= 0.6 is 0 Å². The number of hydrogen-bond donors (Lipinski definition) is 1. The van der Waals surface area contributed by atoms with Crippen molar-refractivity contribution in [1.82, 2.24) is 10.3 Å². The van der Waals surface area contributed by atoms with Gasteiger partial charge >= 0.3 is 0 Å². The van der Waals surface area contributed by atoms with Gasteiger partial charge in [0.05, 0.1) is 11.8 Å². The molecular formula is C9H14N2O2. The van der Waals surface area contributed by atoms with Crippen LogP contribution in [0.15, 0.2) is 17.1 Å². The Morgan fingerprint density at radius 2 is 2.62 bits per heavy atom. The highest BCUT2D eigenvalue weighted by molar-refractivity contribution is 4.91. The van der Waals surface area contributed by atoms with Gasteiger partial charge in [-0.3, -0.25) is 0 Å². The van der Waals surface area contributed by atoms with E-state index in [1.54, 1.807) is 6.26 Å². The van der Waals surface area contributed by atoms with Crippen LogP contribution in [-0.2, 0) is 11.3 Å². The molecule has 1 N–H and O–H groups in total. The lowest BCUT2D eigenvalue weighted by Crippen LogP contribution is -2.34. The first-order valence-corrected chi connectivity index (χ1v) is 4.58. The van der Waals surface area contributed by atoms with E-state index in [2.05, 4.69) is 17.2 Å². The van der Waals surface area contributed by atoms with Gasteiger partial charge < -0.3 is 14.5 Å². The van der Waals surface area contributed by atoms with Gasteiger partial charge in [-0.2, -0.15) is 0 Å². The molecule has 1 fully saturated rings. The number of rotatable bonds is 3. The highest BCUT2D eigenvalue weighted by atomic mass is 16.5. The van der Waals surface area contributed by atoms with Crippen molar-refractivity contribution < 1.29 is 9.15 Å². The molecule has 4 nitrogen and oxygen atoms in total. The van der Waals surface area contributed by atoms with Crippen molar-refractivity contribution in [3.8, 4) is 0 Å². The van der Waals surface area contributed by atoms with Crippen LogP contribution in [-0.4, -0.2) is 23.7 Å². The standard InChI is InChI=1S/C9H14N2O2/c1-7-9(2-3-13-7)10-4-8-5-12-6-11-8/h5-7,9-10H,2-4H2,1H3/t7-,9-/m1/s1. The first-order chi connectivity index (χ1) is 6.36. The van der Waals surface area contributed by atoms with E-state index >= 15 is 0 Å². The van der Waals surface area contributed by atoms with Crippen LogP contribution in [0, 0.1) is 0 Å². The van der Waals surface area contributed by atoms with Crippen molar-refractivity contribution in [1.29, 1.82) is 0 Å². The van der Waals surface area contributed by atoms with E-state index in [-0.39, 0.29) is 0 Å². The zero-order chi connectivity index (χ0) is 9.10. The van der Waals surface area contributed by atoms with Crippen LogP contribution in [0.3, 0.4) is 0 Å². The maximum atomic E-state index is 5.43. The zero-order valence-corrected chi connectivity index (χ0v) is 7.69. The largest absolute Gasteiger partial charge is 0.451 e. The minimum atomic E-state index is 0.312. The maximum Gasteiger partial charge on any atom is 0.180 e. The Hall–Kier alpha value is -0.870. The molecule has 0 saturated carbocycles. The fourth-order valence-corrected chi connectivity index (χ4v) is 1.56. The number of aromatic nitrogens is 1. The summed E-state index contributed by atoms with van der Waals surface area (Å²) < 4.78 is 10.3. The predicted octanol–water partition coefficient (Wildman–Crippen LogP) is 0.942. The molecule has 1 aromatic rings. The van der Waals surface area contributed by atoms with Crippen molar-refractivity contribution in [2.45, 2.75) is 32.0 Å². The van der Waals surface area contributed by atoms with E-state index in [1.807, 2.05) is 0 Å². The van der Waals surface area contributed by atoms with E-state index < -0.39 is 0 Å². The van der Waals surface area contributed by atoms with Gasteiger partial charge in [-0.25, -0.2) is 4.98 Å². The van der Waals surface area contributed by atoms with Gasteiger partial charge in [0, 0.05) is 19.2 Å². The molecule has 0 aliphatic carbocycles. The average Bonchev–Trinajstić information content (AvgIpc) is 2.72. The Morgan fingerprint density at radius 3 is 3.23 bits per heavy atom. The second kappa shape index (κ2) is 3.89. The molecule has 0 amide bonds. The fourth-order valence-electron chi connectivity index (χ4n) is 1.56. The third kappa shape index (κ3) is 2.08. The smallest absolute Gasteiger partial charge is 0.180 e. The van der Waals surface area contributed by atoms with Crippen molar-refractivity contribution >= 4 is 0 Å². The summed E-state index contributed by atoms with van der Waals surface area (Å²) in [6.07, 6.45) is 4.50. The predicted molar refractivity (Wildman–Crippen MR) is 47.2 cm³/mol. The van der Waals surface area contributed by atoms with Crippen LogP contribution in [0.5, 0.6) is 0 Å². The number of ether oxygens (including phenoxy) is 1. The molecule has 0 bridgehead atoms. The lowest BCUT2D eigenvalue weighted by atomic mass is 10.1. The van der Waals surface area contributed by atoms with Gasteiger partial charge in [0.15, 0.2) is 6.39 Å². The highest BCUT2D eigenvalue weighted by Gasteiger charge is 2.23. The lowest BCUT2D eigenvalue weighted by Gasteiger charge is -2.14. The lowest BCUT2D eigenvalue weighted by molar-refractivity contribution is 0.113. The number of hydrogen-bond acceptors (Lipinski definition) is 4. The fraction of sp³-hybridized carbons (Fsp3) is 0.667. The van der Waals surface area contributed by atoms with Crippen molar-refractivity contribution in [2.75, 3.05) is 6.61 Å². The van der Waals surface area contributed by atoms with Crippen molar-refractivity contribution in [2.24, 2.45) is 0 Å². The summed E-state index contributed by atoms with van der Waals surface area (Å²) in [4.78, 5) is 4.03. The molecule has 0 radical (unpaired) electrons. The first kappa shape index (κ1) is 8.72. The van der Waals surface area contributed by atoms with E-state index in [0.717, 1.165) is 25.3 Å². The molecule has 1 saturated heterocycles. The number of nitrogens with zero attached hydrogens (tertiary/aromatic N) is 1. The third-order valence-electron chi connectivity index (χ3n) is 2.41. The monoisotopic (exact) mass is 182 g/mol. The molecule has 1 aliphatic heterocycles. The summed E-state index contributed by atoms with van der Waals surface area (Å²) in [6.45, 7) is 3.71. The molecule has 0 unspecified atom stereocenters. The SMILES string of the molecule is C[C@H]1OCC[C@H]1NCc1cocn1. The zero-order valence-electron chi connectivity index (χ0n) is 7.69. The van der Waals surface area contributed by atoms with Gasteiger partial charge in [0.1, 0.15) is 6.26 Å². The molecule has 13 heavy (non-hydrogen) atoms. The molecule has 4 heteroatoms. The summed E-state index contributed by atoms with van der Waals surface area (Å²) in [5.74, 6) is 0. The van der Waals surface area contributed by atoms with Crippen LogP contribution in [0.2, 0.25) is 0 Å². The van der Waals surface area contributed by atoms with Gasteiger partial charge in [-0.1, -0.05) is 0 Å². The Bertz CT molecular complexity index is 248. The summed E-state index contributed by atoms with van der Waals surface area (Å²) in [5.41, 5.74) is 0.944. The summed E-state index contributed by atoms with van der Waals surface area (Å²) in [5, 5.41) is 3.39. The van der Waals surface area contributed by atoms with Gasteiger partial charge in [-0.15, -0.1) is 0 Å². The minimum absolute atomic E-state index is 0.312. The quantitative estimate of drug-likeness (QED) is 0.755. The second-order valence-corrected chi connectivity index (χ2v) is 3.33. The van der Waals surface area contributed by atoms with E-state index in [1.165, 1.54) is 6.39 Å². The Balaban J connectivity index is 1.79. The summed E-state index contributed by atoms with van der Waals surface area (Å²) in [6, 6.07) is 0.455. The minimum Gasteiger partial charge on any atom is -0.451 e. The Labute approximate surface area is 77.3 Å². The average molecular weight is 182 g/mol.